The van der Waals surface area contributed by atoms with Crippen molar-refractivity contribution >= 4 is 50.1 Å². The monoisotopic (exact) mass is 797 g/mol. The number of thiazole rings is 1. The van der Waals surface area contributed by atoms with E-state index in [1.54, 1.807) is 29.7 Å². The van der Waals surface area contributed by atoms with Gasteiger partial charge in [-0.05, 0) is 83.8 Å². The molecule has 298 valence electrons. The average Bonchev–Trinajstić information content (AvgIpc) is 3.82. The van der Waals surface area contributed by atoms with E-state index in [1.807, 2.05) is 13.8 Å². The van der Waals surface area contributed by atoms with Crippen molar-refractivity contribution < 1.29 is 36.0 Å². The summed E-state index contributed by atoms with van der Waals surface area (Å²) in [5.41, 5.74) is 10.7. The van der Waals surface area contributed by atoms with Crippen molar-refractivity contribution in [1.82, 2.24) is 24.2 Å². The van der Waals surface area contributed by atoms with Gasteiger partial charge in [0.1, 0.15) is 11.0 Å². The minimum Gasteiger partial charge on any atom is -0.368 e. The number of rotatable bonds is 12. The molecule has 3 amide bonds. The second kappa shape index (κ2) is 17.6. The molecule has 2 aliphatic carbocycles. The minimum atomic E-state index is -4.47. The number of H-pyrrole nitrogens is 1. The summed E-state index contributed by atoms with van der Waals surface area (Å²) in [7, 11) is -3.47. The number of allylic oxidation sites excluding steroid dienone is 2. The number of hydrogen-bond donors (Lipinski definition) is 4. The number of aromatic amines is 1. The summed E-state index contributed by atoms with van der Waals surface area (Å²) in [4.78, 5) is 53.7. The first-order valence-corrected chi connectivity index (χ1v) is 20.5. The number of imidazole rings is 1. The van der Waals surface area contributed by atoms with Crippen LogP contribution in [0.4, 0.5) is 13.2 Å². The van der Waals surface area contributed by atoms with Crippen molar-refractivity contribution in [2.45, 2.75) is 108 Å². The van der Waals surface area contributed by atoms with Gasteiger partial charge in [-0.3, -0.25) is 23.7 Å². The van der Waals surface area contributed by atoms with Crippen molar-refractivity contribution in [2.75, 3.05) is 13.1 Å². The molecule has 2 aromatic heterocycles. The fourth-order valence-corrected chi connectivity index (χ4v) is 8.29. The lowest BCUT2D eigenvalue weighted by atomic mass is 10.2. The average molecular weight is 798 g/mol. The molecule has 3 heterocycles. The first-order chi connectivity index (χ1) is 25.3. The zero-order chi connectivity index (χ0) is 40.0. The van der Waals surface area contributed by atoms with Crippen molar-refractivity contribution in [3.63, 3.8) is 0 Å². The molecule has 18 heteroatoms. The molecule has 3 fully saturated rings. The molecule has 13 nitrogen and oxygen atoms in total. The number of carbonyl (C=O) groups excluding carboxylic acids is 3. The highest BCUT2D eigenvalue weighted by Crippen LogP contribution is 2.44. The van der Waals surface area contributed by atoms with E-state index in [0.29, 0.717) is 42.4 Å². The van der Waals surface area contributed by atoms with Gasteiger partial charge >= 0.3 is 11.9 Å². The van der Waals surface area contributed by atoms with Crippen LogP contribution < -0.4 is 21.9 Å². The Bertz CT molecular complexity index is 2000. The van der Waals surface area contributed by atoms with Crippen molar-refractivity contribution in [3.05, 3.63) is 51.9 Å². The van der Waals surface area contributed by atoms with E-state index in [-0.39, 0.29) is 46.9 Å². The quantitative estimate of drug-likeness (QED) is 0.141. The molecular weight excluding hydrogens is 748 g/mol. The Labute approximate surface area is 316 Å². The Kier molecular flexibility index (Phi) is 13.9. The zero-order valence-electron chi connectivity index (χ0n) is 30.9. The molecule has 0 bridgehead atoms. The predicted molar refractivity (Wildman–Crippen MR) is 202 cm³/mol. The molecule has 3 aromatic rings. The number of nitrogens with two attached hydrogens (primary N) is 2. The molecule has 54 heavy (non-hydrogen) atoms. The van der Waals surface area contributed by atoms with Gasteiger partial charge in [0.2, 0.25) is 27.7 Å². The number of sulfonamides is 1. The normalized spacial score (nSPS) is 20.3. The summed E-state index contributed by atoms with van der Waals surface area (Å²) in [5, 5.41) is 1.21. The molecule has 1 aromatic carbocycles. The van der Waals surface area contributed by atoms with E-state index in [9.17, 15) is 40.8 Å². The lowest BCUT2D eigenvalue weighted by molar-refractivity contribution is -0.140. The van der Waals surface area contributed by atoms with Gasteiger partial charge in [-0.1, -0.05) is 38.0 Å². The van der Waals surface area contributed by atoms with Gasteiger partial charge in [0.15, 0.2) is 5.69 Å². The molecule has 6 N–H and O–H groups in total. The maximum absolute atomic E-state index is 12.7. The van der Waals surface area contributed by atoms with Gasteiger partial charge in [-0.25, -0.2) is 18.2 Å². The third kappa shape index (κ3) is 10.4. The van der Waals surface area contributed by atoms with E-state index >= 15 is 0 Å². The van der Waals surface area contributed by atoms with E-state index in [1.165, 1.54) is 24.2 Å². The van der Waals surface area contributed by atoms with Gasteiger partial charge < -0.3 is 21.4 Å². The van der Waals surface area contributed by atoms with Crippen molar-refractivity contribution in [1.29, 1.82) is 0 Å². The largest absolute Gasteiger partial charge is 0.434 e. The molecular formula is C36H50F3N7O6S2. The highest BCUT2D eigenvalue weighted by molar-refractivity contribution is 7.91. The van der Waals surface area contributed by atoms with Crippen molar-refractivity contribution in [3.8, 4) is 10.6 Å². The molecule has 0 radical (unpaired) electrons. The number of benzene rings is 1. The number of para-hydroxylation sites is 1. The maximum atomic E-state index is 12.7. The summed E-state index contributed by atoms with van der Waals surface area (Å²) in [6.45, 7) is 8.15. The zero-order valence-corrected chi connectivity index (χ0v) is 32.6. The lowest BCUT2D eigenvalue weighted by Gasteiger charge is -2.20. The van der Waals surface area contributed by atoms with Crippen LogP contribution in [0.5, 0.6) is 0 Å². The molecule has 0 spiro atoms. The smallest absolute Gasteiger partial charge is 0.368 e. The lowest BCUT2D eigenvalue weighted by Crippen LogP contribution is -2.45. The molecule has 1 aliphatic heterocycles. The molecule has 3 atom stereocenters. The minimum absolute atomic E-state index is 0.0518. The maximum Gasteiger partial charge on any atom is 0.434 e. The number of primary amides is 1. The van der Waals surface area contributed by atoms with Crippen LogP contribution in [0, 0.1) is 11.8 Å². The van der Waals surface area contributed by atoms with Crippen LogP contribution in [0.15, 0.2) is 40.5 Å². The third-order valence-electron chi connectivity index (χ3n) is 9.74. The summed E-state index contributed by atoms with van der Waals surface area (Å²) >= 11 is 0.905. The first-order valence-electron chi connectivity index (χ1n) is 18.1. The number of hydrogen-bond acceptors (Lipinski definition) is 9. The Morgan fingerprint density at radius 2 is 1.91 bits per heavy atom. The van der Waals surface area contributed by atoms with Crippen LogP contribution in [-0.2, 0) is 30.6 Å². The van der Waals surface area contributed by atoms with Crippen LogP contribution in [0.3, 0.4) is 0 Å². The molecule has 6 rings (SSSR count). The van der Waals surface area contributed by atoms with Gasteiger partial charge in [0.05, 0.1) is 22.3 Å². The van der Waals surface area contributed by atoms with E-state index in [0.717, 1.165) is 36.0 Å². The number of unbranched alkanes of at least 4 members (excludes halogenated alkanes) is 3. The molecule has 3 unspecified atom stereocenters. The summed E-state index contributed by atoms with van der Waals surface area (Å²) in [5.74, 6) is -0.861. The number of halogens is 3. The highest BCUT2D eigenvalue weighted by Gasteiger charge is 2.52. The van der Waals surface area contributed by atoms with Gasteiger partial charge in [-0.15, -0.1) is 11.3 Å². The number of carbonyl (C=O) groups is 3. The topological polar surface area (TPSA) is 203 Å². The number of nitrogens with zero attached hydrogens (tertiary/aromatic N) is 3. The Hall–Kier alpha value is -4.03. The number of likely N-dealkylation sites (tertiary alicyclic amines) is 1. The number of amides is 3. The van der Waals surface area contributed by atoms with Gasteiger partial charge in [0, 0.05) is 29.4 Å². The molecule has 2 saturated carbocycles. The second-order valence-corrected chi connectivity index (χ2v) is 17.4. The number of nitrogens with one attached hydrogen (secondary N) is 2. The molecule has 1 saturated heterocycles. The van der Waals surface area contributed by atoms with Crippen molar-refractivity contribution in [2.24, 2.45) is 23.3 Å². The highest BCUT2D eigenvalue weighted by atomic mass is 32.2. The summed E-state index contributed by atoms with van der Waals surface area (Å²) in [6, 6.07) is 4.63. The summed E-state index contributed by atoms with van der Waals surface area (Å²) in [6.07, 6.45) is 7.99. The van der Waals surface area contributed by atoms with E-state index in [2.05, 4.69) is 33.8 Å². The Balaban J connectivity index is 0.000000188. The van der Waals surface area contributed by atoms with Crippen LogP contribution in [0.2, 0.25) is 0 Å². The second-order valence-electron chi connectivity index (χ2n) is 14.3. The first kappa shape index (κ1) is 42.7. The number of fused-ring (bicyclic) bond motifs is 1. The standard InChI is InChI=1S/C15H25NO3S.C14H12F3N3OS.C7H13N3O2/c1-3-4-5-6-7-8-12-11-13(12)14(17)16-20(18,19)15(2)9-10-15;1-7(2)20-9-5-3-4-8(11(9)19-13(20)21)12-18-10(6-22-12)14(15,16)17;8-4-6(11)10-3-1-2-5(10)7(9)12/h7-8,12-13H,3-6,9-11H2,1-2H3,(H,16,17);3-7H,1-2H3,(H,19,21);5H,1-4,8H2,(H2,9,12)/b8-7-;;. The number of aromatic nitrogens is 3. The van der Waals surface area contributed by atoms with Crippen LogP contribution in [-0.4, -0.2) is 69.5 Å². The molecule has 3 aliphatic rings. The Morgan fingerprint density at radius 3 is 2.48 bits per heavy atom. The van der Waals surface area contributed by atoms with Gasteiger partial charge in [-0.2, -0.15) is 13.2 Å². The SMILES string of the molecule is CC(C)n1c(=O)[nH]c2c(-c3nc(C(F)(F)F)cs3)cccc21.CCCCC/C=C\C1CC1C(=O)NS(=O)(=O)C1(C)CC1.NCC(=O)N1CCCC1C(N)=O. The fraction of sp³-hybridized carbons (Fsp3) is 0.583. The van der Waals surface area contributed by atoms with E-state index < -0.39 is 38.6 Å². The number of alkyl halides is 3. The van der Waals surface area contributed by atoms with Crippen LogP contribution >= 0.6 is 11.3 Å². The summed E-state index contributed by atoms with van der Waals surface area (Å²) < 4.78 is 65.1. The fourth-order valence-electron chi connectivity index (χ4n) is 6.13. The Morgan fingerprint density at radius 1 is 1.20 bits per heavy atom. The third-order valence-corrected chi connectivity index (χ3v) is 12.8. The van der Waals surface area contributed by atoms with Crippen LogP contribution in [0.1, 0.15) is 97.2 Å². The van der Waals surface area contributed by atoms with Gasteiger partial charge in [0.25, 0.3) is 0 Å². The van der Waals surface area contributed by atoms with E-state index in [4.69, 9.17) is 11.5 Å². The van der Waals surface area contributed by atoms with Crippen LogP contribution in [0.25, 0.3) is 21.6 Å². The predicted octanol–water partition coefficient (Wildman–Crippen LogP) is 5.23.